The lowest BCUT2D eigenvalue weighted by molar-refractivity contribution is -0.120. The number of hydrogen-bond donors (Lipinski definition) is 2. The summed E-state index contributed by atoms with van der Waals surface area (Å²) in [5.41, 5.74) is 6.41. The Labute approximate surface area is 146 Å². The van der Waals surface area contributed by atoms with Crippen LogP contribution in [0.1, 0.15) is 19.3 Å². The van der Waals surface area contributed by atoms with Gasteiger partial charge in [0, 0.05) is 5.92 Å². The molecule has 1 saturated carbocycles. The Morgan fingerprint density at radius 3 is 2.78 bits per heavy atom. The molecule has 1 amide bonds. The Balaban J connectivity index is 0.00000132. The van der Waals surface area contributed by atoms with Crippen LogP contribution in [-0.2, 0) is 4.79 Å². The topological polar surface area (TPSA) is 98.7 Å². The minimum atomic E-state index is 0. The van der Waals surface area contributed by atoms with Gasteiger partial charge >= 0.3 is 0 Å². The van der Waals surface area contributed by atoms with Gasteiger partial charge in [-0.1, -0.05) is 6.42 Å². The number of carbonyl (C=O) groups is 1. The van der Waals surface area contributed by atoms with Crippen molar-refractivity contribution in [3.63, 3.8) is 0 Å². The van der Waals surface area contributed by atoms with Crippen molar-refractivity contribution >= 4 is 36.4 Å². The number of rotatable bonds is 4. The Bertz CT molecular complexity index is 604. The van der Waals surface area contributed by atoms with Crippen molar-refractivity contribution in [1.29, 1.82) is 0 Å². The summed E-state index contributed by atoms with van der Waals surface area (Å²) >= 11 is 0. The molecule has 0 aliphatic heterocycles. The number of nitrogens with zero attached hydrogens (tertiary/aromatic N) is 4. The molecule has 3 N–H and O–H groups in total. The third-order valence-corrected chi connectivity index (χ3v) is 3.97. The molecule has 0 saturated heterocycles. The molecule has 7 nitrogen and oxygen atoms in total. The molecule has 0 aromatic carbocycles. The first-order chi connectivity index (χ1) is 10.3. The van der Waals surface area contributed by atoms with Gasteiger partial charge < -0.3 is 11.1 Å². The van der Waals surface area contributed by atoms with E-state index in [1.54, 1.807) is 23.3 Å². The van der Waals surface area contributed by atoms with Crippen LogP contribution in [0.4, 0.5) is 5.69 Å². The van der Waals surface area contributed by atoms with E-state index in [0.29, 0.717) is 24.0 Å². The van der Waals surface area contributed by atoms with E-state index in [-0.39, 0.29) is 36.6 Å². The minimum absolute atomic E-state index is 0. The lowest BCUT2D eigenvalue weighted by Crippen LogP contribution is -2.29. The molecule has 2 aromatic rings. The van der Waals surface area contributed by atoms with Crippen LogP contribution in [0, 0.1) is 11.8 Å². The molecule has 2 heterocycles. The SMILES string of the molecule is Cl.Cl.NC[C@H]1CCC[C@H]1C(=O)Nc1ccc(-n2cncn2)nc1. The maximum Gasteiger partial charge on any atom is 0.227 e. The summed E-state index contributed by atoms with van der Waals surface area (Å²) in [6, 6.07) is 3.60. The zero-order valence-corrected chi connectivity index (χ0v) is 14.1. The van der Waals surface area contributed by atoms with E-state index >= 15 is 0 Å². The van der Waals surface area contributed by atoms with Gasteiger partial charge in [-0.15, -0.1) is 24.8 Å². The van der Waals surface area contributed by atoms with Gasteiger partial charge in [-0.05, 0) is 37.4 Å². The fourth-order valence-electron chi connectivity index (χ4n) is 2.82. The lowest BCUT2D eigenvalue weighted by atomic mass is 9.95. The Hall–Kier alpha value is -1.70. The average Bonchev–Trinajstić information content (AvgIpc) is 3.19. The van der Waals surface area contributed by atoms with Crippen molar-refractivity contribution in [1.82, 2.24) is 19.7 Å². The van der Waals surface area contributed by atoms with E-state index < -0.39 is 0 Å². The van der Waals surface area contributed by atoms with Gasteiger partial charge in [0.25, 0.3) is 0 Å². The predicted octanol–water partition coefficient (Wildman–Crippen LogP) is 1.82. The van der Waals surface area contributed by atoms with Crippen LogP contribution in [0.15, 0.2) is 31.0 Å². The smallest absolute Gasteiger partial charge is 0.227 e. The van der Waals surface area contributed by atoms with Crippen LogP contribution < -0.4 is 11.1 Å². The van der Waals surface area contributed by atoms with Gasteiger partial charge in [0.15, 0.2) is 5.82 Å². The number of aromatic nitrogens is 4. The van der Waals surface area contributed by atoms with Gasteiger partial charge in [0.05, 0.1) is 11.9 Å². The summed E-state index contributed by atoms with van der Waals surface area (Å²) in [4.78, 5) is 20.4. The number of carbonyl (C=O) groups excluding carboxylic acids is 1. The van der Waals surface area contributed by atoms with Crippen LogP contribution in [-0.4, -0.2) is 32.2 Å². The molecule has 0 unspecified atom stereocenters. The molecule has 2 atom stereocenters. The molecule has 3 rings (SSSR count). The maximum absolute atomic E-state index is 12.3. The molecule has 23 heavy (non-hydrogen) atoms. The number of amides is 1. The number of anilines is 1. The third kappa shape index (κ3) is 4.40. The average molecular weight is 359 g/mol. The first kappa shape index (κ1) is 19.3. The second-order valence-electron chi connectivity index (χ2n) is 5.27. The monoisotopic (exact) mass is 358 g/mol. The summed E-state index contributed by atoms with van der Waals surface area (Å²) in [5.74, 6) is 1.02. The van der Waals surface area contributed by atoms with Crippen molar-refractivity contribution in [2.24, 2.45) is 17.6 Å². The molecule has 1 aliphatic rings. The second kappa shape index (κ2) is 8.81. The summed E-state index contributed by atoms with van der Waals surface area (Å²) in [7, 11) is 0. The highest BCUT2D eigenvalue weighted by molar-refractivity contribution is 5.92. The van der Waals surface area contributed by atoms with Crippen LogP contribution in [0.25, 0.3) is 5.82 Å². The van der Waals surface area contributed by atoms with Gasteiger partial charge in [0.2, 0.25) is 5.91 Å². The Kier molecular flexibility index (Phi) is 7.41. The van der Waals surface area contributed by atoms with Crippen LogP contribution >= 0.6 is 24.8 Å². The number of halogens is 2. The molecule has 126 valence electrons. The number of nitrogens with two attached hydrogens (primary N) is 1. The Morgan fingerprint density at radius 1 is 1.35 bits per heavy atom. The summed E-state index contributed by atoms with van der Waals surface area (Å²) in [6.07, 6.45) is 7.68. The normalized spacial score (nSPS) is 19.5. The number of pyridine rings is 1. The molecule has 1 aliphatic carbocycles. The first-order valence-electron chi connectivity index (χ1n) is 7.10. The number of hydrogen-bond acceptors (Lipinski definition) is 5. The molecule has 2 aromatic heterocycles. The minimum Gasteiger partial charge on any atom is -0.330 e. The molecular formula is C14H20Cl2N6O. The van der Waals surface area contributed by atoms with E-state index in [4.69, 9.17) is 5.73 Å². The van der Waals surface area contributed by atoms with Crippen molar-refractivity contribution in [2.45, 2.75) is 19.3 Å². The fourth-order valence-corrected chi connectivity index (χ4v) is 2.82. The highest BCUT2D eigenvalue weighted by atomic mass is 35.5. The maximum atomic E-state index is 12.3. The van der Waals surface area contributed by atoms with Crippen molar-refractivity contribution < 1.29 is 4.79 Å². The zero-order chi connectivity index (χ0) is 14.7. The number of nitrogens with one attached hydrogen (secondary N) is 1. The summed E-state index contributed by atoms with van der Waals surface area (Å²) < 4.78 is 1.56. The standard InChI is InChI=1S/C14H18N6O.2ClH/c15-6-10-2-1-3-12(10)14(21)19-11-4-5-13(17-7-11)20-9-16-8-18-20;;/h4-5,7-10,12H,1-3,6,15H2,(H,19,21);2*1H/t10-,12-;;/m1../s1. The van der Waals surface area contributed by atoms with Crippen molar-refractivity contribution in [2.75, 3.05) is 11.9 Å². The van der Waals surface area contributed by atoms with Crippen molar-refractivity contribution in [3.8, 4) is 5.82 Å². The molecule has 0 bridgehead atoms. The van der Waals surface area contributed by atoms with E-state index in [0.717, 1.165) is 19.3 Å². The van der Waals surface area contributed by atoms with Crippen LogP contribution in [0.2, 0.25) is 0 Å². The molecule has 0 radical (unpaired) electrons. The molecule has 1 fully saturated rings. The van der Waals surface area contributed by atoms with E-state index in [9.17, 15) is 4.79 Å². The molecule has 0 spiro atoms. The highest BCUT2D eigenvalue weighted by Gasteiger charge is 2.31. The third-order valence-electron chi connectivity index (χ3n) is 3.97. The summed E-state index contributed by atoms with van der Waals surface area (Å²) in [6.45, 7) is 0.571. The molecule has 9 heteroatoms. The van der Waals surface area contributed by atoms with E-state index in [1.807, 2.05) is 6.07 Å². The lowest BCUT2D eigenvalue weighted by Gasteiger charge is -2.17. The van der Waals surface area contributed by atoms with Gasteiger partial charge in [-0.3, -0.25) is 4.79 Å². The van der Waals surface area contributed by atoms with Gasteiger partial charge in [-0.25, -0.2) is 14.6 Å². The van der Waals surface area contributed by atoms with E-state index in [1.165, 1.54) is 6.33 Å². The first-order valence-corrected chi connectivity index (χ1v) is 7.10. The largest absolute Gasteiger partial charge is 0.330 e. The molecular weight excluding hydrogens is 339 g/mol. The van der Waals surface area contributed by atoms with Gasteiger partial charge in [0.1, 0.15) is 12.7 Å². The van der Waals surface area contributed by atoms with Gasteiger partial charge in [-0.2, -0.15) is 5.10 Å². The Morgan fingerprint density at radius 2 is 2.17 bits per heavy atom. The van der Waals surface area contributed by atoms with E-state index in [2.05, 4.69) is 20.4 Å². The zero-order valence-electron chi connectivity index (χ0n) is 12.5. The van der Waals surface area contributed by atoms with Crippen LogP contribution in [0.5, 0.6) is 0 Å². The van der Waals surface area contributed by atoms with Crippen LogP contribution in [0.3, 0.4) is 0 Å². The highest BCUT2D eigenvalue weighted by Crippen LogP contribution is 2.31. The second-order valence-corrected chi connectivity index (χ2v) is 5.27. The predicted molar refractivity (Wildman–Crippen MR) is 92.2 cm³/mol. The summed E-state index contributed by atoms with van der Waals surface area (Å²) in [5, 5.41) is 6.92. The quantitative estimate of drug-likeness (QED) is 0.868. The fraction of sp³-hybridized carbons (Fsp3) is 0.429. The van der Waals surface area contributed by atoms with Crippen molar-refractivity contribution in [3.05, 3.63) is 31.0 Å².